The van der Waals surface area contributed by atoms with Gasteiger partial charge in [-0.2, -0.15) is 13.2 Å². The van der Waals surface area contributed by atoms with Gasteiger partial charge >= 0.3 is 12.1 Å². The highest BCUT2D eigenvalue weighted by molar-refractivity contribution is 14.1. The van der Waals surface area contributed by atoms with Gasteiger partial charge in [0.2, 0.25) is 0 Å². The van der Waals surface area contributed by atoms with Crippen LogP contribution in [0.3, 0.4) is 0 Å². The number of alkyl halides is 3. The number of carbonyl (C=O) groups is 1. The van der Waals surface area contributed by atoms with Gasteiger partial charge in [-0.3, -0.25) is 4.79 Å². The molecule has 3 aromatic rings. The Morgan fingerprint density at radius 3 is 2.51 bits per heavy atom. The lowest BCUT2D eigenvalue weighted by molar-refractivity contribution is -0.146. The fraction of sp³-hybridized carbons (Fsp3) is 0.400. The lowest BCUT2D eigenvalue weighted by Crippen LogP contribution is -2.22. The predicted molar refractivity (Wildman–Crippen MR) is 149 cm³/mol. The van der Waals surface area contributed by atoms with E-state index in [1.165, 1.54) is 38.5 Å². The maximum atomic E-state index is 14.5. The molecule has 1 aliphatic rings. The van der Waals surface area contributed by atoms with E-state index in [0.29, 0.717) is 11.7 Å². The van der Waals surface area contributed by atoms with Gasteiger partial charge in [-0.25, -0.2) is 9.37 Å². The molecule has 0 aliphatic heterocycles. The van der Waals surface area contributed by atoms with Crippen LogP contribution in [0.2, 0.25) is 0 Å². The van der Waals surface area contributed by atoms with Crippen molar-refractivity contribution >= 4 is 28.6 Å². The van der Waals surface area contributed by atoms with E-state index in [1.807, 2.05) is 25.1 Å². The number of hydrogen-bond donors (Lipinski definition) is 0. The van der Waals surface area contributed by atoms with Gasteiger partial charge in [0.25, 0.3) is 0 Å². The van der Waals surface area contributed by atoms with Crippen LogP contribution < -0.4 is 4.74 Å². The van der Waals surface area contributed by atoms with Crippen LogP contribution in [0.4, 0.5) is 17.6 Å². The van der Waals surface area contributed by atoms with Crippen LogP contribution >= 0.6 is 22.6 Å². The molecule has 3 atom stereocenters. The molecule has 0 saturated heterocycles. The molecule has 1 aromatic heterocycles. The van der Waals surface area contributed by atoms with Crippen molar-refractivity contribution in [2.75, 3.05) is 14.2 Å². The summed E-state index contributed by atoms with van der Waals surface area (Å²) >= 11 is 2.14. The highest BCUT2D eigenvalue weighted by atomic mass is 127. The zero-order valence-electron chi connectivity index (χ0n) is 22.8. The van der Waals surface area contributed by atoms with Crippen molar-refractivity contribution in [2.45, 2.75) is 51.1 Å². The zero-order valence-corrected chi connectivity index (χ0v) is 24.0. The van der Waals surface area contributed by atoms with Crippen LogP contribution in [-0.2, 0) is 22.1 Å². The van der Waals surface area contributed by atoms with E-state index in [4.69, 9.17) is 10.8 Å². The maximum absolute atomic E-state index is 14.5. The number of nitrogens with zero attached hydrogens (tertiary/aromatic N) is 1. The van der Waals surface area contributed by atoms with Gasteiger partial charge in [0, 0.05) is 10.5 Å². The number of hydrogen-bond acceptors (Lipinski definition) is 4. The second-order valence-corrected chi connectivity index (χ2v) is 11.1. The number of pyridine rings is 1. The minimum atomic E-state index is -4.81. The Balaban J connectivity index is 1.72. The number of carbonyl (C=O) groups excluding carboxylic acids is 1. The quantitative estimate of drug-likeness (QED) is 0.132. The molecule has 4 rings (SSSR count). The van der Waals surface area contributed by atoms with E-state index in [0.717, 1.165) is 33.6 Å². The Kier molecular flexibility index (Phi) is 8.44. The number of rotatable bonds is 9. The van der Waals surface area contributed by atoms with Crippen molar-refractivity contribution in [3.8, 4) is 17.0 Å². The Bertz CT molecular complexity index is 1380. The fourth-order valence-corrected chi connectivity index (χ4v) is 5.65. The van der Waals surface area contributed by atoms with Crippen molar-refractivity contribution < 1.29 is 33.2 Å². The largest absolute Gasteiger partial charge is 0.497 e. The van der Waals surface area contributed by atoms with E-state index in [1.54, 1.807) is 0 Å². The van der Waals surface area contributed by atoms with Gasteiger partial charge in [0.05, 0.1) is 25.8 Å². The normalized spacial score (nSPS) is 16.3. The third kappa shape index (κ3) is 6.56. The Morgan fingerprint density at radius 1 is 1.15 bits per heavy atom. The number of ether oxygens (including phenoxy) is 2. The van der Waals surface area contributed by atoms with E-state index in [9.17, 15) is 22.4 Å². The number of benzene rings is 2. The van der Waals surface area contributed by atoms with Crippen LogP contribution in [0.25, 0.3) is 11.3 Å². The molecule has 9 heteroatoms. The lowest BCUT2D eigenvalue weighted by Gasteiger charge is -2.24. The molecule has 0 radical (unpaired) electrons. The highest BCUT2D eigenvalue weighted by Crippen LogP contribution is 2.47. The van der Waals surface area contributed by atoms with Crippen molar-refractivity contribution in [3.63, 3.8) is 0 Å². The van der Waals surface area contributed by atoms with Crippen molar-refractivity contribution in [2.24, 2.45) is 11.8 Å². The molecule has 0 bridgehead atoms. The maximum Gasteiger partial charge on any atom is 0.433 e. The van der Waals surface area contributed by atoms with Gasteiger partial charge in [-0.15, -0.1) is 0 Å². The zero-order chi connectivity index (χ0) is 29.2. The molecule has 39 heavy (non-hydrogen) atoms. The van der Waals surface area contributed by atoms with E-state index in [2.05, 4.69) is 27.6 Å². The summed E-state index contributed by atoms with van der Waals surface area (Å²) in [4.78, 5) is 16.2. The average Bonchev–Trinajstić information content (AvgIpc) is 3.77. The van der Waals surface area contributed by atoms with Gasteiger partial charge < -0.3 is 9.47 Å². The Labute approximate surface area is 240 Å². The van der Waals surface area contributed by atoms with E-state index in [-0.39, 0.29) is 47.9 Å². The second kappa shape index (κ2) is 11.8. The average molecular weight is 657 g/mol. The molecular weight excluding hydrogens is 625 g/mol. The molecule has 1 aliphatic carbocycles. The standard InChI is InChI=1S/C30H30F4INO3/c1-16(13-20-14-19(7-11-25(20)35)27(18-5-6-18)17(2)29(37)39-4)22-9-12-26(36-28(22)30(32,33)34)23-15-21(38-3)8-10-24(23)31/h7-12,14-18,27H,5-6,13H2,1-4H3/t16-,17+,27?/m1/s1/i1T. The minimum absolute atomic E-state index is 0.0536. The third-order valence-electron chi connectivity index (χ3n) is 7.25. The SMILES string of the molecule is [3H]C[C@H](Cc1cc(C(C2CC2)[C@H](C)C(=O)OC)ccc1I)c1ccc(-c2cc(OC)ccc2F)nc1C(F)(F)F. The molecule has 0 N–H and O–H groups in total. The molecular formula is C30H30F4INO3. The summed E-state index contributed by atoms with van der Waals surface area (Å²) in [7, 11) is 2.74. The number of esters is 1. The molecule has 1 heterocycles. The summed E-state index contributed by atoms with van der Waals surface area (Å²) in [5, 5.41) is 0. The van der Waals surface area contributed by atoms with Crippen LogP contribution in [0.1, 0.15) is 62.3 Å². The van der Waals surface area contributed by atoms with Gasteiger partial charge in [0.15, 0.2) is 0 Å². The topological polar surface area (TPSA) is 48.4 Å². The molecule has 0 spiro atoms. The van der Waals surface area contributed by atoms with Crippen LogP contribution in [0.5, 0.6) is 5.75 Å². The summed E-state index contributed by atoms with van der Waals surface area (Å²) < 4.78 is 76.5. The first-order valence-electron chi connectivity index (χ1n) is 13.3. The van der Waals surface area contributed by atoms with Gasteiger partial charge in [0.1, 0.15) is 17.3 Å². The molecule has 1 unspecified atom stereocenters. The number of methoxy groups -OCH3 is 2. The monoisotopic (exact) mass is 657 g/mol. The Morgan fingerprint density at radius 2 is 1.90 bits per heavy atom. The first-order chi connectivity index (χ1) is 19.0. The van der Waals surface area contributed by atoms with Crippen LogP contribution in [0, 0.1) is 21.2 Å². The summed E-state index contributed by atoms with van der Waals surface area (Å²) in [5.41, 5.74) is 0.221. The molecule has 208 valence electrons. The highest BCUT2D eigenvalue weighted by Gasteiger charge is 2.40. The second-order valence-electron chi connectivity index (χ2n) is 9.90. The molecule has 1 fully saturated rings. The number of halogens is 5. The number of aromatic nitrogens is 1. The summed E-state index contributed by atoms with van der Waals surface area (Å²) in [6, 6.07) is 12.3. The third-order valence-corrected chi connectivity index (χ3v) is 8.30. The first kappa shape index (κ1) is 27.9. The summed E-state index contributed by atoms with van der Waals surface area (Å²) in [5.74, 6) is -1.60. The fourth-order valence-electron chi connectivity index (χ4n) is 5.09. The van der Waals surface area contributed by atoms with Gasteiger partial charge in [-0.1, -0.05) is 32.0 Å². The van der Waals surface area contributed by atoms with Crippen LogP contribution in [-0.4, -0.2) is 25.2 Å². The molecule has 1 saturated carbocycles. The molecule has 2 aromatic carbocycles. The van der Waals surface area contributed by atoms with Gasteiger partial charge in [-0.05, 0) is 107 Å². The summed E-state index contributed by atoms with van der Waals surface area (Å²) in [6.07, 6.45) is -2.62. The predicted octanol–water partition coefficient (Wildman–Crippen LogP) is 8.17. The van der Waals surface area contributed by atoms with Crippen molar-refractivity contribution in [1.29, 1.82) is 0 Å². The molecule has 0 amide bonds. The lowest BCUT2D eigenvalue weighted by atomic mass is 9.82. The Hall–Kier alpha value is -2.69. The molecule has 4 nitrogen and oxygen atoms in total. The minimum Gasteiger partial charge on any atom is -0.497 e. The van der Waals surface area contributed by atoms with E-state index < -0.39 is 23.6 Å². The smallest absolute Gasteiger partial charge is 0.433 e. The van der Waals surface area contributed by atoms with Crippen LogP contribution in [0.15, 0.2) is 48.5 Å². The van der Waals surface area contributed by atoms with E-state index >= 15 is 0 Å². The summed E-state index contributed by atoms with van der Waals surface area (Å²) in [6.45, 7) is 1.54. The first-order valence-corrected chi connectivity index (χ1v) is 13.6. The van der Waals surface area contributed by atoms with Crippen molar-refractivity contribution in [3.05, 3.63) is 80.3 Å². The van der Waals surface area contributed by atoms with Crippen molar-refractivity contribution in [1.82, 2.24) is 4.98 Å².